The maximum absolute atomic E-state index is 10.6. The van der Waals surface area contributed by atoms with Crippen LogP contribution in [-0.4, -0.2) is 69.9 Å². The number of piperidine rings is 1. The van der Waals surface area contributed by atoms with E-state index < -0.39 is 30.4 Å². The van der Waals surface area contributed by atoms with Gasteiger partial charge in [-0.15, -0.1) is 0 Å². The van der Waals surface area contributed by atoms with E-state index in [1.54, 1.807) is 24.1 Å². The van der Waals surface area contributed by atoms with Crippen molar-refractivity contribution in [3.05, 3.63) is 64.2 Å². The minimum Gasteiger partial charge on any atom is -0.494 e. The number of hydrogen-bond donors (Lipinski definition) is 4. The monoisotopic (exact) mass is 421 g/mol. The van der Waals surface area contributed by atoms with E-state index in [9.17, 15) is 20.4 Å². The van der Waals surface area contributed by atoms with Gasteiger partial charge in [0.2, 0.25) is 0 Å². The Kier molecular flexibility index (Phi) is 7.16. The van der Waals surface area contributed by atoms with E-state index in [4.69, 9.17) is 16.3 Å². The SMILES string of the molecule is CCOc1ccc(Cc2cc([C@H]3[C@H](O)[C@@H](O)[C@H](O)[C@@H](CO)N3C)ccc2Cl)cc1. The second kappa shape index (κ2) is 9.43. The van der Waals surface area contributed by atoms with Gasteiger partial charge in [-0.2, -0.15) is 0 Å². The Morgan fingerprint density at radius 1 is 1.00 bits per heavy atom. The minimum absolute atomic E-state index is 0.329. The summed E-state index contributed by atoms with van der Waals surface area (Å²) in [5.74, 6) is 0.811. The van der Waals surface area contributed by atoms with Gasteiger partial charge in [-0.05, 0) is 55.3 Å². The first-order chi connectivity index (χ1) is 13.9. The number of halogens is 1. The average molecular weight is 422 g/mol. The molecule has 4 N–H and O–H groups in total. The van der Waals surface area contributed by atoms with Gasteiger partial charge in [0.15, 0.2) is 0 Å². The summed E-state index contributed by atoms with van der Waals surface area (Å²) < 4.78 is 5.47. The van der Waals surface area contributed by atoms with Crippen LogP contribution < -0.4 is 4.74 Å². The smallest absolute Gasteiger partial charge is 0.119 e. The Morgan fingerprint density at radius 3 is 2.31 bits per heavy atom. The van der Waals surface area contributed by atoms with Crippen molar-refractivity contribution in [3.63, 3.8) is 0 Å². The highest BCUT2D eigenvalue weighted by atomic mass is 35.5. The minimum atomic E-state index is -1.35. The fraction of sp³-hybridized carbons (Fsp3) is 0.455. The van der Waals surface area contributed by atoms with Crippen LogP contribution in [0.3, 0.4) is 0 Å². The fourth-order valence-corrected chi connectivity index (χ4v) is 4.16. The van der Waals surface area contributed by atoms with Gasteiger partial charge in [-0.25, -0.2) is 0 Å². The second-order valence-electron chi connectivity index (χ2n) is 7.44. The number of ether oxygens (including phenoxy) is 1. The molecule has 0 radical (unpaired) electrons. The van der Waals surface area contributed by atoms with Gasteiger partial charge in [0.05, 0.1) is 25.3 Å². The summed E-state index contributed by atoms with van der Waals surface area (Å²) in [6, 6.07) is 12.0. The summed E-state index contributed by atoms with van der Waals surface area (Å²) in [7, 11) is 1.71. The molecule has 7 heteroatoms. The third kappa shape index (κ3) is 4.58. The third-order valence-electron chi connectivity index (χ3n) is 5.61. The number of aliphatic hydroxyl groups excluding tert-OH is 4. The molecule has 29 heavy (non-hydrogen) atoms. The van der Waals surface area contributed by atoms with Gasteiger partial charge in [0, 0.05) is 5.02 Å². The molecule has 0 saturated carbocycles. The zero-order valence-corrected chi connectivity index (χ0v) is 17.3. The molecule has 0 aliphatic carbocycles. The zero-order chi connectivity index (χ0) is 21.1. The molecular formula is C22H28ClNO5. The standard InChI is InChI=1S/C22H28ClNO5/c1-3-29-16-7-4-13(5-8-16)10-15-11-14(6-9-17(15)23)19-21(27)22(28)20(26)18(12-25)24(19)2/h4-9,11,18-22,25-28H,3,10,12H2,1-2H3/t18-,19+,20-,21+,22+/m1/s1. The molecule has 3 rings (SSSR count). The third-order valence-corrected chi connectivity index (χ3v) is 5.98. The lowest BCUT2D eigenvalue weighted by Crippen LogP contribution is -2.62. The molecule has 0 spiro atoms. The largest absolute Gasteiger partial charge is 0.494 e. The highest BCUT2D eigenvalue weighted by molar-refractivity contribution is 6.31. The van der Waals surface area contributed by atoms with Crippen molar-refractivity contribution in [2.45, 2.75) is 43.7 Å². The molecule has 0 bridgehead atoms. The molecule has 6 nitrogen and oxygen atoms in total. The molecule has 2 aromatic rings. The van der Waals surface area contributed by atoms with E-state index in [1.807, 2.05) is 37.3 Å². The molecule has 1 aliphatic heterocycles. The Morgan fingerprint density at radius 2 is 1.69 bits per heavy atom. The van der Waals surface area contributed by atoms with Gasteiger partial charge in [-0.3, -0.25) is 4.90 Å². The summed E-state index contributed by atoms with van der Waals surface area (Å²) in [5.41, 5.74) is 2.71. The lowest BCUT2D eigenvalue weighted by Gasteiger charge is -2.47. The van der Waals surface area contributed by atoms with Gasteiger partial charge >= 0.3 is 0 Å². The molecule has 5 atom stereocenters. The molecule has 1 saturated heterocycles. The van der Waals surface area contributed by atoms with Crippen molar-refractivity contribution in [3.8, 4) is 5.75 Å². The van der Waals surface area contributed by atoms with Crippen LogP contribution in [0.1, 0.15) is 29.7 Å². The van der Waals surface area contributed by atoms with E-state index in [2.05, 4.69) is 0 Å². The van der Waals surface area contributed by atoms with Crippen LogP contribution in [0.25, 0.3) is 0 Å². The molecule has 1 fully saturated rings. The second-order valence-corrected chi connectivity index (χ2v) is 7.84. The van der Waals surface area contributed by atoms with Crippen molar-refractivity contribution >= 4 is 11.6 Å². The Labute approximate surface area is 175 Å². The number of hydrogen-bond acceptors (Lipinski definition) is 6. The Bertz CT molecular complexity index is 815. The fourth-order valence-electron chi connectivity index (χ4n) is 3.98. The number of aliphatic hydroxyl groups is 4. The summed E-state index contributed by atoms with van der Waals surface area (Å²) in [5, 5.41) is 41.2. The van der Waals surface area contributed by atoms with Gasteiger partial charge in [-0.1, -0.05) is 35.9 Å². The quantitative estimate of drug-likeness (QED) is 0.568. The van der Waals surface area contributed by atoms with Crippen LogP contribution >= 0.6 is 11.6 Å². The number of nitrogens with zero attached hydrogens (tertiary/aromatic N) is 1. The number of likely N-dealkylation sites (N-methyl/N-ethyl adjacent to an activating group) is 1. The maximum atomic E-state index is 10.6. The van der Waals surface area contributed by atoms with E-state index in [0.29, 0.717) is 18.1 Å². The van der Waals surface area contributed by atoms with Gasteiger partial charge < -0.3 is 25.2 Å². The molecule has 1 aliphatic rings. The van der Waals surface area contributed by atoms with Crippen molar-refractivity contribution in [1.29, 1.82) is 0 Å². The first-order valence-corrected chi connectivity index (χ1v) is 10.1. The summed E-state index contributed by atoms with van der Waals surface area (Å²) in [6.07, 6.45) is -3.18. The van der Waals surface area contributed by atoms with E-state index in [1.165, 1.54) is 0 Å². The van der Waals surface area contributed by atoms with E-state index in [0.717, 1.165) is 22.4 Å². The van der Waals surface area contributed by atoms with Crippen LogP contribution in [0.5, 0.6) is 5.75 Å². The number of benzene rings is 2. The molecular weight excluding hydrogens is 394 g/mol. The van der Waals surface area contributed by atoms with Gasteiger partial charge in [0.1, 0.15) is 24.1 Å². The summed E-state index contributed by atoms with van der Waals surface area (Å²) in [4.78, 5) is 1.70. The van der Waals surface area contributed by atoms with Crippen molar-refractivity contribution in [1.82, 2.24) is 4.90 Å². The van der Waals surface area contributed by atoms with Crippen LogP contribution in [-0.2, 0) is 6.42 Å². The average Bonchev–Trinajstić information content (AvgIpc) is 2.71. The first-order valence-electron chi connectivity index (χ1n) is 9.74. The highest BCUT2D eigenvalue weighted by Gasteiger charge is 2.46. The number of likely N-dealkylation sites (tertiary alicyclic amines) is 1. The van der Waals surface area contributed by atoms with Crippen LogP contribution in [0, 0.1) is 0 Å². The highest BCUT2D eigenvalue weighted by Crippen LogP contribution is 2.35. The van der Waals surface area contributed by atoms with E-state index >= 15 is 0 Å². The molecule has 158 valence electrons. The zero-order valence-electron chi connectivity index (χ0n) is 16.6. The predicted molar refractivity (Wildman–Crippen MR) is 111 cm³/mol. The summed E-state index contributed by atoms with van der Waals surface area (Å²) >= 11 is 6.42. The Balaban J connectivity index is 1.87. The first kappa shape index (κ1) is 22.0. The van der Waals surface area contributed by atoms with Gasteiger partial charge in [0.25, 0.3) is 0 Å². The van der Waals surface area contributed by atoms with E-state index in [-0.39, 0.29) is 6.61 Å². The lowest BCUT2D eigenvalue weighted by molar-refractivity contribution is -0.166. The lowest BCUT2D eigenvalue weighted by atomic mass is 9.84. The molecule has 1 heterocycles. The topological polar surface area (TPSA) is 93.4 Å². The van der Waals surface area contributed by atoms with Crippen molar-refractivity contribution < 1.29 is 25.2 Å². The molecule has 0 aromatic heterocycles. The van der Waals surface area contributed by atoms with Crippen LogP contribution in [0.2, 0.25) is 5.02 Å². The van der Waals surface area contributed by atoms with Crippen LogP contribution in [0.15, 0.2) is 42.5 Å². The predicted octanol–water partition coefficient (Wildman–Crippen LogP) is 1.76. The molecule has 0 unspecified atom stereocenters. The molecule has 2 aromatic carbocycles. The Hall–Kier alpha value is -1.67. The van der Waals surface area contributed by atoms with Crippen LogP contribution in [0.4, 0.5) is 0 Å². The van der Waals surface area contributed by atoms with Crippen molar-refractivity contribution in [2.24, 2.45) is 0 Å². The summed E-state index contributed by atoms with van der Waals surface area (Å²) in [6.45, 7) is 2.22. The number of rotatable bonds is 6. The molecule has 0 amide bonds. The maximum Gasteiger partial charge on any atom is 0.119 e. The normalized spacial score (nSPS) is 27.8. The van der Waals surface area contributed by atoms with Crippen molar-refractivity contribution in [2.75, 3.05) is 20.3 Å².